The first-order chi connectivity index (χ1) is 20.2. The third-order valence-electron chi connectivity index (χ3n) is 9.85. The molecule has 8 nitrogen and oxygen atoms in total. The zero-order valence-electron chi connectivity index (χ0n) is 24.9. The van der Waals surface area contributed by atoms with E-state index in [4.69, 9.17) is 14.6 Å². The molecule has 0 aromatic heterocycles. The quantitative estimate of drug-likeness (QED) is 0.422. The number of alkyl halides is 3. The average molecular weight is 614 g/mol. The van der Waals surface area contributed by atoms with Gasteiger partial charge in [-0.05, 0) is 87.4 Å². The number of ether oxygens (including phenoxy) is 1. The molecular weight excluding hydrogens is 570 g/mol. The Morgan fingerprint density at radius 1 is 1.05 bits per heavy atom. The van der Waals surface area contributed by atoms with E-state index in [9.17, 15) is 27.2 Å². The van der Waals surface area contributed by atoms with Gasteiger partial charge in [-0.1, -0.05) is 31.4 Å². The van der Waals surface area contributed by atoms with Crippen molar-refractivity contribution < 1.29 is 41.8 Å². The van der Waals surface area contributed by atoms with Gasteiger partial charge in [-0.3, -0.25) is 9.69 Å². The van der Waals surface area contributed by atoms with Gasteiger partial charge >= 0.3 is 18.2 Å². The number of carbonyl (C=O) groups excluding carboxylic acids is 2. The highest BCUT2D eigenvalue weighted by atomic mass is 19.4. The molecule has 0 unspecified atom stereocenters. The monoisotopic (exact) mass is 613 g/mol. The molecule has 0 spiro atoms. The number of benzene rings is 1. The number of carboxylic acid groups (broad SMARTS) is 1. The summed E-state index contributed by atoms with van der Waals surface area (Å²) in [6.45, 7) is 8.38. The van der Waals surface area contributed by atoms with Crippen molar-refractivity contribution >= 4 is 18.0 Å². The Bertz CT molecular complexity index is 1130. The minimum atomic E-state index is -5.08. The van der Waals surface area contributed by atoms with Crippen LogP contribution in [0.25, 0.3) is 0 Å². The van der Waals surface area contributed by atoms with Crippen LogP contribution in [0.2, 0.25) is 0 Å². The molecule has 1 saturated carbocycles. The van der Waals surface area contributed by atoms with Crippen LogP contribution >= 0.6 is 0 Å². The van der Waals surface area contributed by atoms with Crippen LogP contribution < -0.4 is 5.32 Å². The summed E-state index contributed by atoms with van der Waals surface area (Å²) in [4.78, 5) is 39.4. The zero-order chi connectivity index (χ0) is 31.4. The zero-order valence-corrected chi connectivity index (χ0v) is 24.9. The number of halogens is 4. The van der Waals surface area contributed by atoms with Gasteiger partial charge in [-0.2, -0.15) is 13.2 Å². The topological polar surface area (TPSA) is 99.2 Å². The molecule has 0 radical (unpaired) electrons. The van der Waals surface area contributed by atoms with Gasteiger partial charge in [0.1, 0.15) is 12.4 Å². The number of carbonyl (C=O) groups is 3. The fourth-order valence-corrected chi connectivity index (χ4v) is 7.28. The number of amides is 2. The second kappa shape index (κ2) is 13.4. The Morgan fingerprint density at radius 3 is 2.19 bits per heavy atom. The number of cyclic esters (lactones) is 1. The van der Waals surface area contributed by atoms with Crippen molar-refractivity contribution in [3.63, 3.8) is 0 Å². The van der Waals surface area contributed by atoms with E-state index in [0.29, 0.717) is 19.1 Å². The second-order valence-corrected chi connectivity index (χ2v) is 13.0. The summed E-state index contributed by atoms with van der Waals surface area (Å²) >= 11 is 0. The predicted molar refractivity (Wildman–Crippen MR) is 151 cm³/mol. The molecule has 4 aliphatic rings. The summed E-state index contributed by atoms with van der Waals surface area (Å²) in [5.74, 6) is -2.20. The molecule has 3 heterocycles. The van der Waals surface area contributed by atoms with Crippen molar-refractivity contribution in [3.8, 4) is 0 Å². The van der Waals surface area contributed by atoms with Crippen LogP contribution in [0.1, 0.15) is 76.7 Å². The summed E-state index contributed by atoms with van der Waals surface area (Å²) in [6.07, 6.45) is 3.74. The standard InChI is InChI=1S/C29H42FN3O3.C2HF3O2/c1-28(2)20-36-27(35)33(28)19-29(22-6-4-3-5-7-22)13-16-32(17-14-29)26(34)25-18-31-15-12-24(25)21-8-10-23(30)11-9-21;3-2(4,5)1(6)7/h8-11,22,24-25,31H,3-7,12-20H2,1-2H3;(H,6,7)/t24-,25+;/m0./s1. The Labute approximate surface area is 250 Å². The normalized spacial score (nSPS) is 25.9. The average Bonchev–Trinajstić information content (AvgIpc) is 3.24. The number of carboxylic acids is 1. The van der Waals surface area contributed by atoms with Crippen molar-refractivity contribution in [2.45, 2.75) is 82.8 Å². The van der Waals surface area contributed by atoms with Gasteiger partial charge < -0.3 is 20.1 Å². The lowest BCUT2D eigenvalue weighted by atomic mass is 9.63. The van der Waals surface area contributed by atoms with E-state index in [0.717, 1.165) is 51.0 Å². The van der Waals surface area contributed by atoms with Gasteiger partial charge in [0.25, 0.3) is 0 Å². The van der Waals surface area contributed by atoms with E-state index in [-0.39, 0.29) is 40.6 Å². The fourth-order valence-electron chi connectivity index (χ4n) is 7.28. The summed E-state index contributed by atoms with van der Waals surface area (Å²) in [7, 11) is 0. The van der Waals surface area contributed by atoms with Crippen molar-refractivity contribution in [1.29, 1.82) is 0 Å². The van der Waals surface area contributed by atoms with Gasteiger partial charge in [-0.25, -0.2) is 14.0 Å². The SMILES string of the molecule is CC1(C)COC(=O)N1CC1(C2CCCCC2)CCN(C(=O)[C@@H]2CNCC[C@H]2c2ccc(F)cc2)CC1.O=C(O)C(F)(F)F. The third kappa shape index (κ3) is 7.80. The number of nitrogens with zero attached hydrogens (tertiary/aromatic N) is 2. The minimum Gasteiger partial charge on any atom is -0.475 e. The summed E-state index contributed by atoms with van der Waals surface area (Å²) in [5.41, 5.74) is 0.806. The first-order valence-electron chi connectivity index (χ1n) is 15.2. The van der Waals surface area contributed by atoms with E-state index in [2.05, 4.69) is 24.1 Å². The lowest BCUT2D eigenvalue weighted by Gasteiger charge is -2.51. The lowest BCUT2D eigenvalue weighted by molar-refractivity contribution is -0.192. The molecule has 12 heteroatoms. The first kappa shape index (κ1) is 33.0. The molecule has 1 aromatic rings. The largest absolute Gasteiger partial charge is 0.490 e. The highest BCUT2D eigenvalue weighted by molar-refractivity contribution is 5.80. The van der Waals surface area contributed by atoms with Gasteiger partial charge in [0.2, 0.25) is 5.91 Å². The molecule has 2 atom stereocenters. The molecule has 2 amide bonds. The van der Waals surface area contributed by atoms with Gasteiger partial charge in [-0.15, -0.1) is 0 Å². The van der Waals surface area contributed by atoms with E-state index in [1.54, 1.807) is 0 Å². The molecule has 43 heavy (non-hydrogen) atoms. The fraction of sp³-hybridized carbons (Fsp3) is 0.710. The molecule has 3 saturated heterocycles. The van der Waals surface area contributed by atoms with E-state index >= 15 is 0 Å². The number of hydrogen-bond acceptors (Lipinski definition) is 5. The Balaban J connectivity index is 0.000000541. The maximum Gasteiger partial charge on any atom is 0.490 e. The maximum absolute atomic E-state index is 13.8. The highest BCUT2D eigenvalue weighted by Crippen LogP contribution is 2.48. The minimum absolute atomic E-state index is 0.0407. The lowest BCUT2D eigenvalue weighted by Crippen LogP contribution is -2.56. The van der Waals surface area contributed by atoms with Gasteiger partial charge in [0.15, 0.2) is 0 Å². The molecular formula is C31H43F4N3O5. The van der Waals surface area contributed by atoms with Crippen LogP contribution in [0.4, 0.5) is 22.4 Å². The van der Waals surface area contributed by atoms with Crippen molar-refractivity contribution in [3.05, 3.63) is 35.6 Å². The molecule has 5 rings (SSSR count). The van der Waals surface area contributed by atoms with Gasteiger partial charge in [0, 0.05) is 26.2 Å². The predicted octanol–water partition coefficient (Wildman–Crippen LogP) is 5.57. The highest BCUT2D eigenvalue weighted by Gasteiger charge is 2.50. The smallest absolute Gasteiger partial charge is 0.475 e. The van der Waals surface area contributed by atoms with Crippen LogP contribution in [0.3, 0.4) is 0 Å². The molecule has 2 N–H and O–H groups in total. The summed E-state index contributed by atoms with van der Waals surface area (Å²) in [5, 5.41) is 10.5. The first-order valence-corrected chi connectivity index (χ1v) is 15.2. The molecule has 1 aromatic carbocycles. The van der Waals surface area contributed by atoms with Crippen LogP contribution in [0, 0.1) is 23.1 Å². The number of likely N-dealkylation sites (tertiary alicyclic amines) is 1. The second-order valence-electron chi connectivity index (χ2n) is 13.0. The van der Waals surface area contributed by atoms with E-state index in [1.165, 1.54) is 44.2 Å². The Morgan fingerprint density at radius 2 is 1.65 bits per heavy atom. The molecule has 0 bridgehead atoms. The number of rotatable bonds is 5. The molecule has 4 fully saturated rings. The van der Waals surface area contributed by atoms with Crippen LogP contribution in [0.15, 0.2) is 24.3 Å². The Kier molecular flexibility index (Phi) is 10.3. The Hall–Kier alpha value is -2.89. The molecule has 1 aliphatic carbocycles. The summed E-state index contributed by atoms with van der Waals surface area (Å²) < 4.78 is 50.7. The summed E-state index contributed by atoms with van der Waals surface area (Å²) in [6, 6.07) is 6.69. The third-order valence-corrected chi connectivity index (χ3v) is 9.85. The van der Waals surface area contributed by atoms with Crippen LogP contribution in [-0.4, -0.2) is 83.9 Å². The van der Waals surface area contributed by atoms with Crippen LogP contribution in [-0.2, 0) is 14.3 Å². The van der Waals surface area contributed by atoms with E-state index in [1.807, 2.05) is 17.0 Å². The van der Waals surface area contributed by atoms with Gasteiger partial charge in [0.05, 0.1) is 11.5 Å². The van der Waals surface area contributed by atoms with Crippen molar-refractivity contribution in [2.24, 2.45) is 17.3 Å². The van der Waals surface area contributed by atoms with E-state index < -0.39 is 12.1 Å². The molecule has 3 aliphatic heterocycles. The number of aliphatic carboxylic acids is 1. The van der Waals surface area contributed by atoms with Crippen molar-refractivity contribution in [1.82, 2.24) is 15.1 Å². The van der Waals surface area contributed by atoms with Crippen molar-refractivity contribution in [2.75, 3.05) is 39.3 Å². The number of hydrogen-bond donors (Lipinski definition) is 2. The number of nitrogens with one attached hydrogen (secondary N) is 1. The number of piperidine rings is 2. The van der Waals surface area contributed by atoms with Crippen LogP contribution in [0.5, 0.6) is 0 Å². The molecule has 240 valence electrons. The maximum atomic E-state index is 13.8.